The molecule has 0 unspecified atom stereocenters. The van der Waals surface area contributed by atoms with E-state index in [9.17, 15) is 0 Å². The van der Waals surface area contributed by atoms with Crippen molar-refractivity contribution in [3.8, 4) is 0 Å². The van der Waals surface area contributed by atoms with E-state index in [1.165, 1.54) is 37.8 Å². The fraction of sp³-hybridized carbons (Fsp3) is 0.0588. The van der Waals surface area contributed by atoms with Crippen LogP contribution in [0.5, 0.6) is 0 Å². The molecule has 0 heterocycles. The third-order valence-corrected chi connectivity index (χ3v) is 3.82. The van der Waals surface area contributed by atoms with Gasteiger partial charge in [-0.05, 0) is 32.3 Å². The summed E-state index contributed by atoms with van der Waals surface area (Å²) in [7, 11) is 2.16. The van der Waals surface area contributed by atoms with Crippen LogP contribution in [0.25, 0.3) is 32.3 Å². The normalized spacial score (nSPS) is 11.0. The molecule has 0 fully saturated rings. The second kappa shape index (κ2) is 4.89. The molecule has 0 aliphatic carbocycles. The third kappa shape index (κ3) is 1.91. The molecule has 0 aromatic heterocycles. The van der Waals surface area contributed by atoms with Crippen molar-refractivity contribution in [2.24, 2.45) is 0 Å². The van der Waals surface area contributed by atoms with Gasteiger partial charge in [-0.3, -0.25) is 0 Å². The maximum absolute atomic E-state index is 2.27. The van der Waals surface area contributed by atoms with E-state index in [0.717, 1.165) is 0 Å². The van der Waals surface area contributed by atoms with E-state index in [4.69, 9.17) is 0 Å². The fourth-order valence-electron chi connectivity index (χ4n) is 2.94. The van der Waals surface area contributed by atoms with E-state index in [2.05, 4.69) is 68.7 Å². The molecule has 86 valence electrons. The summed E-state index contributed by atoms with van der Waals surface area (Å²) < 4.78 is 0. The summed E-state index contributed by atoms with van der Waals surface area (Å²) in [6.07, 6.45) is 0. The molecule has 0 amide bonds. The Kier molecular flexibility index (Phi) is 3.37. The Morgan fingerprint density at radius 3 is 1.68 bits per heavy atom. The maximum Gasteiger partial charge on any atom is 0.148 e. The molecule has 4 rings (SSSR count). The van der Waals surface area contributed by atoms with Crippen molar-refractivity contribution in [2.75, 3.05) is 0 Å². The van der Waals surface area contributed by atoms with Crippen molar-refractivity contribution < 1.29 is 32.7 Å². The maximum atomic E-state index is 2.27. The van der Waals surface area contributed by atoms with Crippen LogP contribution in [0, 0.1) is 0 Å². The van der Waals surface area contributed by atoms with Crippen molar-refractivity contribution in [3.05, 3.63) is 54.6 Å². The Morgan fingerprint density at radius 1 is 0.684 bits per heavy atom. The van der Waals surface area contributed by atoms with Gasteiger partial charge in [0.15, 0.2) is 0 Å². The van der Waals surface area contributed by atoms with Crippen LogP contribution in [0.2, 0.25) is 6.82 Å². The van der Waals surface area contributed by atoms with Gasteiger partial charge in [0.25, 0.3) is 0 Å². The molecule has 0 aliphatic heterocycles. The Hall–Kier alpha value is -0.911. The van der Waals surface area contributed by atoms with Crippen molar-refractivity contribution in [3.63, 3.8) is 0 Å². The molecule has 0 spiro atoms. The summed E-state index contributed by atoms with van der Waals surface area (Å²) in [5, 5.41) is 8.14. The number of rotatable bonds is 1. The Morgan fingerprint density at radius 2 is 1.16 bits per heavy atom. The van der Waals surface area contributed by atoms with E-state index in [0.29, 0.717) is 0 Å². The average molecular weight is 316 g/mol. The van der Waals surface area contributed by atoms with Gasteiger partial charge in [-0.1, -0.05) is 66.9 Å². The molecule has 0 atom stereocenters. The van der Waals surface area contributed by atoms with Gasteiger partial charge >= 0.3 is 0 Å². The largest absolute Gasteiger partial charge is 0.148 e. The molecule has 0 N–H and O–H groups in total. The number of benzene rings is 4. The van der Waals surface area contributed by atoms with Gasteiger partial charge in [-0.25, -0.2) is 0 Å². The van der Waals surface area contributed by atoms with Crippen LogP contribution < -0.4 is 5.46 Å². The smallest absolute Gasteiger partial charge is 0.0872 e. The van der Waals surface area contributed by atoms with Crippen LogP contribution in [0.4, 0.5) is 0 Å². The standard InChI is InChI=1S/C17H12B.Y/c1-18-15-9-13-7-5-11-3-2-4-12-6-8-14(10-15)17(13)16(11)12;/h2-10H,1H3;. The minimum atomic E-state index is 0. The zero-order valence-corrected chi connectivity index (χ0v) is 13.7. The van der Waals surface area contributed by atoms with Gasteiger partial charge < -0.3 is 0 Å². The first-order valence-electron chi connectivity index (χ1n) is 6.34. The van der Waals surface area contributed by atoms with E-state index in [-0.39, 0.29) is 32.7 Å². The van der Waals surface area contributed by atoms with Gasteiger partial charge in [-0.15, -0.1) is 0 Å². The SMILES string of the molecule is C[B]c1cc2ccc3cccc4ccc(c1)c2c34.[Y]. The van der Waals surface area contributed by atoms with Gasteiger partial charge in [0.2, 0.25) is 0 Å². The predicted octanol–water partition coefficient (Wildman–Crippen LogP) is 3.96. The van der Waals surface area contributed by atoms with Gasteiger partial charge in [0.1, 0.15) is 7.28 Å². The van der Waals surface area contributed by atoms with Crippen molar-refractivity contribution >= 4 is 45.1 Å². The Balaban J connectivity index is 0.00000110. The van der Waals surface area contributed by atoms with Crippen LogP contribution in [0.1, 0.15) is 0 Å². The van der Waals surface area contributed by atoms with E-state index in [1.807, 2.05) is 0 Å². The summed E-state index contributed by atoms with van der Waals surface area (Å²) in [6.45, 7) is 2.09. The topological polar surface area (TPSA) is 0 Å². The van der Waals surface area contributed by atoms with E-state index < -0.39 is 0 Å². The van der Waals surface area contributed by atoms with Crippen LogP contribution in [-0.4, -0.2) is 7.28 Å². The van der Waals surface area contributed by atoms with Crippen molar-refractivity contribution in [2.45, 2.75) is 6.82 Å². The first kappa shape index (κ1) is 13.1. The molecule has 2 heteroatoms. The van der Waals surface area contributed by atoms with Crippen molar-refractivity contribution in [1.82, 2.24) is 0 Å². The summed E-state index contributed by atoms with van der Waals surface area (Å²) in [5.41, 5.74) is 1.29. The molecule has 19 heavy (non-hydrogen) atoms. The minimum absolute atomic E-state index is 0. The van der Waals surface area contributed by atoms with Gasteiger partial charge in [0, 0.05) is 32.7 Å². The van der Waals surface area contributed by atoms with Crippen LogP contribution in [0.15, 0.2) is 54.6 Å². The Labute approximate surface area is 138 Å². The molecular formula is C17H12BY. The minimum Gasteiger partial charge on any atom is -0.0872 e. The van der Waals surface area contributed by atoms with Crippen molar-refractivity contribution in [1.29, 1.82) is 0 Å². The second-order valence-corrected chi connectivity index (χ2v) is 4.84. The van der Waals surface area contributed by atoms with Gasteiger partial charge in [-0.2, -0.15) is 0 Å². The summed E-state index contributed by atoms with van der Waals surface area (Å²) >= 11 is 0. The molecule has 0 aliphatic rings. The molecule has 0 nitrogen and oxygen atoms in total. The number of hydrogen-bond donors (Lipinski definition) is 0. The fourth-order valence-corrected chi connectivity index (χ4v) is 2.94. The van der Waals surface area contributed by atoms with E-state index >= 15 is 0 Å². The molecule has 0 bridgehead atoms. The predicted molar refractivity (Wildman–Crippen MR) is 81.4 cm³/mol. The summed E-state index contributed by atoms with van der Waals surface area (Å²) in [6, 6.07) is 20.0. The average Bonchev–Trinajstić information content (AvgIpc) is 2.44. The zero-order chi connectivity index (χ0) is 12.1. The Bertz CT molecular complexity index is 803. The molecule has 4 aromatic carbocycles. The zero-order valence-electron chi connectivity index (χ0n) is 10.9. The summed E-state index contributed by atoms with van der Waals surface area (Å²) in [5.74, 6) is 0. The summed E-state index contributed by atoms with van der Waals surface area (Å²) in [4.78, 5) is 0. The molecule has 0 saturated heterocycles. The molecular weight excluding hydrogens is 304 g/mol. The molecule has 4 aromatic rings. The molecule has 0 saturated carbocycles. The third-order valence-electron chi connectivity index (χ3n) is 3.82. The van der Waals surface area contributed by atoms with Crippen LogP contribution in [-0.2, 0) is 32.7 Å². The monoisotopic (exact) mass is 316 g/mol. The second-order valence-electron chi connectivity index (χ2n) is 4.84. The van der Waals surface area contributed by atoms with Crippen LogP contribution >= 0.6 is 0 Å². The molecule has 2 radical (unpaired) electrons. The van der Waals surface area contributed by atoms with Gasteiger partial charge in [0.05, 0.1) is 0 Å². The van der Waals surface area contributed by atoms with E-state index in [1.54, 1.807) is 0 Å². The quantitative estimate of drug-likeness (QED) is 0.368. The first-order valence-corrected chi connectivity index (χ1v) is 6.34. The van der Waals surface area contributed by atoms with Crippen LogP contribution in [0.3, 0.4) is 0 Å². The number of hydrogen-bond acceptors (Lipinski definition) is 0. The first-order chi connectivity index (χ1) is 8.86.